The van der Waals surface area contributed by atoms with Crippen LogP contribution in [0.2, 0.25) is 0 Å². The van der Waals surface area contributed by atoms with Crippen LogP contribution in [0.4, 0.5) is 0 Å². The summed E-state index contributed by atoms with van der Waals surface area (Å²) in [4.78, 5) is 28.2. The molecule has 2 saturated carbocycles. The predicted molar refractivity (Wildman–Crippen MR) is 86.5 cm³/mol. The van der Waals surface area contributed by atoms with Crippen molar-refractivity contribution in [1.29, 1.82) is 0 Å². The van der Waals surface area contributed by atoms with Gasteiger partial charge in [0.2, 0.25) is 5.91 Å². The summed E-state index contributed by atoms with van der Waals surface area (Å²) in [6.45, 7) is 7.92. The third-order valence-corrected chi connectivity index (χ3v) is 6.15. The van der Waals surface area contributed by atoms with Gasteiger partial charge in [-0.05, 0) is 37.5 Å². The van der Waals surface area contributed by atoms with Crippen molar-refractivity contribution in [3.63, 3.8) is 0 Å². The highest BCUT2D eigenvalue weighted by Gasteiger charge is 2.55. The lowest BCUT2D eigenvalue weighted by atomic mass is 9.49. The lowest BCUT2D eigenvalue weighted by Crippen LogP contribution is -2.61. The molecule has 3 fully saturated rings. The van der Waals surface area contributed by atoms with Crippen LogP contribution in [0.1, 0.15) is 58.8 Å². The number of carbonyl (C=O) groups excluding carboxylic acids is 2. The quantitative estimate of drug-likeness (QED) is 0.783. The standard InChI is InChI=1S/C18H30N2O2/c1-3-5-17(22)20-8-6-19(7-9-20)15-12-18(13-15)10-14(11-18)16(21)4-2/h14-15H,3-13H2,1-2H3. The maximum Gasteiger partial charge on any atom is 0.222 e. The molecule has 0 aromatic heterocycles. The van der Waals surface area contributed by atoms with Gasteiger partial charge in [0.05, 0.1) is 0 Å². The molecule has 124 valence electrons. The Morgan fingerprint density at radius 1 is 1.00 bits per heavy atom. The van der Waals surface area contributed by atoms with E-state index >= 15 is 0 Å². The summed E-state index contributed by atoms with van der Waals surface area (Å²) >= 11 is 0. The zero-order valence-electron chi connectivity index (χ0n) is 14.1. The molecule has 0 atom stereocenters. The van der Waals surface area contributed by atoms with Gasteiger partial charge < -0.3 is 4.90 Å². The van der Waals surface area contributed by atoms with Crippen molar-refractivity contribution >= 4 is 11.7 Å². The van der Waals surface area contributed by atoms with Crippen molar-refractivity contribution in [1.82, 2.24) is 9.80 Å². The number of ketones is 1. The fourth-order valence-electron chi connectivity index (χ4n) is 4.74. The third-order valence-electron chi connectivity index (χ3n) is 6.15. The van der Waals surface area contributed by atoms with Crippen LogP contribution < -0.4 is 0 Å². The minimum atomic E-state index is 0.326. The van der Waals surface area contributed by atoms with Crippen LogP contribution in [0.25, 0.3) is 0 Å². The number of piperazine rings is 1. The van der Waals surface area contributed by atoms with Gasteiger partial charge in [0, 0.05) is 51.0 Å². The van der Waals surface area contributed by atoms with E-state index in [0.29, 0.717) is 41.9 Å². The Morgan fingerprint density at radius 3 is 2.18 bits per heavy atom. The Kier molecular flexibility index (Phi) is 4.58. The third kappa shape index (κ3) is 2.94. The van der Waals surface area contributed by atoms with Crippen LogP contribution in [0.15, 0.2) is 0 Å². The summed E-state index contributed by atoms with van der Waals surface area (Å²) in [6.07, 6.45) is 7.20. The maximum atomic E-state index is 11.9. The van der Waals surface area contributed by atoms with E-state index in [0.717, 1.165) is 45.4 Å². The van der Waals surface area contributed by atoms with E-state index in [1.807, 2.05) is 11.8 Å². The summed E-state index contributed by atoms with van der Waals surface area (Å²) in [7, 11) is 0. The second-order valence-corrected chi connectivity index (χ2v) is 7.65. The Morgan fingerprint density at radius 2 is 1.64 bits per heavy atom. The van der Waals surface area contributed by atoms with Crippen molar-refractivity contribution in [3.05, 3.63) is 0 Å². The molecule has 2 aliphatic carbocycles. The molecule has 1 saturated heterocycles. The van der Waals surface area contributed by atoms with Crippen LogP contribution in [-0.4, -0.2) is 53.7 Å². The summed E-state index contributed by atoms with van der Waals surface area (Å²) in [5, 5.41) is 0. The average Bonchev–Trinajstić information content (AvgIpc) is 2.45. The van der Waals surface area contributed by atoms with Crippen LogP contribution in [0.3, 0.4) is 0 Å². The molecule has 0 bridgehead atoms. The molecule has 1 amide bonds. The number of amides is 1. The number of hydrogen-bond acceptors (Lipinski definition) is 3. The molecule has 22 heavy (non-hydrogen) atoms. The Labute approximate surface area is 134 Å². The van der Waals surface area contributed by atoms with Gasteiger partial charge in [0.25, 0.3) is 0 Å². The van der Waals surface area contributed by atoms with Crippen molar-refractivity contribution in [2.24, 2.45) is 11.3 Å². The molecule has 1 heterocycles. The first-order valence-corrected chi connectivity index (χ1v) is 9.11. The summed E-state index contributed by atoms with van der Waals surface area (Å²) in [6, 6.07) is 0.709. The molecule has 0 N–H and O–H groups in total. The fourth-order valence-corrected chi connectivity index (χ4v) is 4.74. The smallest absolute Gasteiger partial charge is 0.222 e. The Bertz CT molecular complexity index is 426. The van der Waals surface area contributed by atoms with Crippen LogP contribution in [0, 0.1) is 11.3 Å². The first-order valence-electron chi connectivity index (χ1n) is 9.11. The van der Waals surface area contributed by atoms with E-state index < -0.39 is 0 Å². The molecule has 3 aliphatic rings. The number of carbonyl (C=O) groups is 2. The number of hydrogen-bond donors (Lipinski definition) is 0. The largest absolute Gasteiger partial charge is 0.340 e. The predicted octanol–water partition coefficient (Wildman–Crippen LogP) is 2.47. The second kappa shape index (κ2) is 6.31. The molecule has 0 radical (unpaired) electrons. The molecule has 3 rings (SSSR count). The lowest BCUT2D eigenvalue weighted by molar-refractivity contribution is -0.143. The van der Waals surface area contributed by atoms with E-state index in [4.69, 9.17) is 0 Å². The SMILES string of the molecule is CCCC(=O)N1CCN(C2CC3(CC(C(=O)CC)C3)C2)CC1. The monoisotopic (exact) mass is 306 g/mol. The van der Waals surface area contributed by atoms with E-state index in [1.165, 1.54) is 12.8 Å². The minimum absolute atomic E-state index is 0.326. The van der Waals surface area contributed by atoms with Crippen molar-refractivity contribution in [3.8, 4) is 0 Å². The molecule has 4 nitrogen and oxygen atoms in total. The van der Waals surface area contributed by atoms with Crippen molar-refractivity contribution < 1.29 is 9.59 Å². The lowest BCUT2D eigenvalue weighted by Gasteiger charge is -2.60. The number of rotatable bonds is 5. The average molecular weight is 306 g/mol. The van der Waals surface area contributed by atoms with Gasteiger partial charge in [0.15, 0.2) is 0 Å². The summed E-state index contributed by atoms with van der Waals surface area (Å²) in [5.74, 6) is 1.17. The number of nitrogens with zero attached hydrogens (tertiary/aromatic N) is 2. The van der Waals surface area contributed by atoms with Crippen LogP contribution in [-0.2, 0) is 9.59 Å². The normalized spacial score (nSPS) is 35.1. The van der Waals surface area contributed by atoms with Gasteiger partial charge in [-0.1, -0.05) is 13.8 Å². The molecule has 0 unspecified atom stereocenters. The number of Topliss-reactive ketones (excluding diaryl/α,β-unsaturated/α-hetero) is 1. The summed E-state index contributed by atoms with van der Waals surface area (Å²) < 4.78 is 0. The first-order chi connectivity index (χ1) is 10.6. The Balaban J connectivity index is 1.39. The minimum Gasteiger partial charge on any atom is -0.340 e. The molecular formula is C18H30N2O2. The second-order valence-electron chi connectivity index (χ2n) is 7.65. The van der Waals surface area contributed by atoms with E-state index in [1.54, 1.807) is 0 Å². The molecule has 0 aromatic rings. The first kappa shape index (κ1) is 16.0. The van der Waals surface area contributed by atoms with Crippen LogP contribution >= 0.6 is 0 Å². The zero-order valence-corrected chi connectivity index (χ0v) is 14.1. The highest BCUT2D eigenvalue weighted by atomic mass is 16.2. The van der Waals surface area contributed by atoms with Gasteiger partial charge in [-0.3, -0.25) is 14.5 Å². The van der Waals surface area contributed by atoms with E-state index in [2.05, 4.69) is 11.8 Å². The summed E-state index contributed by atoms with van der Waals surface area (Å²) in [5.41, 5.74) is 0.509. The zero-order chi connectivity index (χ0) is 15.7. The molecule has 1 spiro atoms. The van der Waals surface area contributed by atoms with Gasteiger partial charge in [-0.25, -0.2) is 0 Å². The van der Waals surface area contributed by atoms with Gasteiger partial charge >= 0.3 is 0 Å². The van der Waals surface area contributed by atoms with Crippen LogP contribution in [0.5, 0.6) is 0 Å². The maximum absolute atomic E-state index is 11.9. The highest BCUT2D eigenvalue weighted by Crippen LogP contribution is 2.60. The fraction of sp³-hybridized carbons (Fsp3) is 0.889. The molecular weight excluding hydrogens is 276 g/mol. The van der Waals surface area contributed by atoms with E-state index in [9.17, 15) is 9.59 Å². The van der Waals surface area contributed by atoms with Gasteiger partial charge in [-0.15, -0.1) is 0 Å². The molecule has 1 aliphatic heterocycles. The van der Waals surface area contributed by atoms with Crippen molar-refractivity contribution in [2.75, 3.05) is 26.2 Å². The van der Waals surface area contributed by atoms with E-state index in [-0.39, 0.29) is 0 Å². The molecule has 4 heteroatoms. The van der Waals surface area contributed by atoms with Gasteiger partial charge in [0.1, 0.15) is 5.78 Å². The van der Waals surface area contributed by atoms with Crippen molar-refractivity contribution in [2.45, 2.75) is 64.8 Å². The van der Waals surface area contributed by atoms with Gasteiger partial charge in [-0.2, -0.15) is 0 Å². The highest BCUT2D eigenvalue weighted by molar-refractivity contribution is 5.81. The Hall–Kier alpha value is -0.900. The topological polar surface area (TPSA) is 40.6 Å². The molecule has 0 aromatic carbocycles.